The molecular formula is C25H36O2. The minimum absolute atomic E-state index is 0.238. The largest absolute Gasteiger partial charge is 0.507 e. The Kier molecular flexibility index (Phi) is 6.62. The van der Waals surface area contributed by atoms with E-state index >= 15 is 0 Å². The lowest BCUT2D eigenvalue weighted by molar-refractivity contribution is 0.373. The molecule has 0 aliphatic heterocycles. The van der Waals surface area contributed by atoms with Crippen LogP contribution in [0, 0.1) is 10.8 Å². The summed E-state index contributed by atoms with van der Waals surface area (Å²) in [5, 5.41) is 21.5. The van der Waals surface area contributed by atoms with Gasteiger partial charge in [0.05, 0.1) is 0 Å². The van der Waals surface area contributed by atoms with E-state index in [0.717, 1.165) is 47.9 Å². The molecule has 0 aromatic heterocycles. The average molecular weight is 369 g/mol. The summed E-state index contributed by atoms with van der Waals surface area (Å²) in [5.74, 6) is 0.752. The monoisotopic (exact) mass is 368 g/mol. The Morgan fingerprint density at radius 1 is 0.593 bits per heavy atom. The standard InChI is InChI=1S/C25H36O2/c1-24(2,3)15-13-18-9-7-11-20(22(18)26)17-21-12-8-10-19(23(21)27)14-16-25(4,5)6/h7-12,26-27H,13-17H2,1-6H3. The molecule has 0 aliphatic rings. The highest BCUT2D eigenvalue weighted by Crippen LogP contribution is 2.33. The zero-order valence-electron chi connectivity index (χ0n) is 17.9. The van der Waals surface area contributed by atoms with Crippen LogP contribution in [0.15, 0.2) is 36.4 Å². The lowest BCUT2D eigenvalue weighted by Gasteiger charge is -2.19. The molecule has 27 heavy (non-hydrogen) atoms. The molecule has 0 unspecified atom stereocenters. The lowest BCUT2D eigenvalue weighted by atomic mass is 9.87. The average Bonchev–Trinajstić information content (AvgIpc) is 2.54. The summed E-state index contributed by atoms with van der Waals surface area (Å²) in [6, 6.07) is 11.9. The number of aryl methyl sites for hydroxylation is 2. The van der Waals surface area contributed by atoms with Crippen molar-refractivity contribution in [3.8, 4) is 11.5 Å². The van der Waals surface area contributed by atoms with Gasteiger partial charge < -0.3 is 10.2 Å². The van der Waals surface area contributed by atoms with E-state index < -0.39 is 0 Å². The molecule has 0 heterocycles. The molecule has 0 spiro atoms. The third-order valence-corrected chi connectivity index (χ3v) is 5.08. The van der Waals surface area contributed by atoms with Crippen molar-refractivity contribution in [2.45, 2.75) is 73.6 Å². The van der Waals surface area contributed by atoms with Crippen LogP contribution in [0.1, 0.15) is 76.6 Å². The maximum absolute atomic E-state index is 10.7. The molecule has 0 aliphatic carbocycles. The molecule has 2 nitrogen and oxygen atoms in total. The van der Waals surface area contributed by atoms with Gasteiger partial charge in [0.1, 0.15) is 11.5 Å². The van der Waals surface area contributed by atoms with Crippen LogP contribution in [0.25, 0.3) is 0 Å². The second kappa shape index (κ2) is 8.37. The van der Waals surface area contributed by atoms with Gasteiger partial charge in [-0.1, -0.05) is 77.9 Å². The van der Waals surface area contributed by atoms with E-state index in [1.807, 2.05) is 36.4 Å². The van der Waals surface area contributed by atoms with Crippen LogP contribution in [0.3, 0.4) is 0 Å². The zero-order chi connectivity index (χ0) is 20.2. The zero-order valence-corrected chi connectivity index (χ0v) is 17.9. The second-order valence-electron chi connectivity index (χ2n) is 10.1. The van der Waals surface area contributed by atoms with Gasteiger partial charge in [-0.3, -0.25) is 0 Å². The van der Waals surface area contributed by atoms with Crippen LogP contribution < -0.4 is 0 Å². The Labute approximate surface area is 165 Å². The molecule has 0 amide bonds. The summed E-state index contributed by atoms with van der Waals surface area (Å²) in [4.78, 5) is 0. The van der Waals surface area contributed by atoms with Crippen molar-refractivity contribution < 1.29 is 10.2 Å². The van der Waals surface area contributed by atoms with E-state index in [1.165, 1.54) is 0 Å². The first kappa shape index (κ1) is 21.3. The highest BCUT2D eigenvalue weighted by Gasteiger charge is 2.16. The van der Waals surface area contributed by atoms with Crippen molar-refractivity contribution in [3.05, 3.63) is 58.7 Å². The number of hydrogen-bond acceptors (Lipinski definition) is 2. The summed E-state index contributed by atoms with van der Waals surface area (Å²) in [6.45, 7) is 13.3. The van der Waals surface area contributed by atoms with E-state index in [9.17, 15) is 10.2 Å². The summed E-state index contributed by atoms with van der Waals surface area (Å²) < 4.78 is 0. The second-order valence-corrected chi connectivity index (χ2v) is 10.1. The molecule has 0 radical (unpaired) electrons. The molecular weight excluding hydrogens is 332 g/mol. The normalized spacial score (nSPS) is 12.4. The van der Waals surface area contributed by atoms with Gasteiger partial charge in [-0.05, 0) is 58.8 Å². The van der Waals surface area contributed by atoms with Gasteiger partial charge in [0, 0.05) is 6.42 Å². The molecule has 0 fully saturated rings. The minimum atomic E-state index is 0.238. The molecule has 0 atom stereocenters. The Bertz CT molecular complexity index is 695. The van der Waals surface area contributed by atoms with E-state index in [0.29, 0.717) is 17.9 Å². The van der Waals surface area contributed by atoms with Gasteiger partial charge in [-0.2, -0.15) is 0 Å². The molecule has 2 aromatic carbocycles. The van der Waals surface area contributed by atoms with Crippen molar-refractivity contribution in [1.29, 1.82) is 0 Å². The highest BCUT2D eigenvalue weighted by molar-refractivity contribution is 5.48. The fourth-order valence-corrected chi connectivity index (χ4v) is 3.20. The van der Waals surface area contributed by atoms with Gasteiger partial charge >= 0.3 is 0 Å². The fourth-order valence-electron chi connectivity index (χ4n) is 3.20. The summed E-state index contributed by atoms with van der Waals surface area (Å²) >= 11 is 0. The number of benzene rings is 2. The molecule has 2 N–H and O–H groups in total. The third-order valence-electron chi connectivity index (χ3n) is 5.08. The molecule has 0 saturated carbocycles. The van der Waals surface area contributed by atoms with Crippen LogP contribution in [0.2, 0.25) is 0 Å². The molecule has 148 valence electrons. The van der Waals surface area contributed by atoms with E-state index in [2.05, 4.69) is 41.5 Å². The van der Waals surface area contributed by atoms with Gasteiger partial charge in [0.25, 0.3) is 0 Å². The molecule has 0 bridgehead atoms. The number of phenolic OH excluding ortho intramolecular Hbond substituents is 2. The molecule has 2 rings (SSSR count). The topological polar surface area (TPSA) is 40.5 Å². The van der Waals surface area contributed by atoms with E-state index in [4.69, 9.17) is 0 Å². The van der Waals surface area contributed by atoms with Crippen LogP contribution in [-0.4, -0.2) is 10.2 Å². The minimum Gasteiger partial charge on any atom is -0.507 e. The van der Waals surface area contributed by atoms with Crippen molar-refractivity contribution in [2.24, 2.45) is 10.8 Å². The maximum Gasteiger partial charge on any atom is 0.122 e. The Morgan fingerprint density at radius 3 is 1.26 bits per heavy atom. The number of phenols is 2. The first-order chi connectivity index (χ1) is 12.5. The van der Waals surface area contributed by atoms with E-state index in [-0.39, 0.29) is 10.8 Å². The van der Waals surface area contributed by atoms with Gasteiger partial charge in [0.2, 0.25) is 0 Å². The Balaban J connectivity index is 2.20. The quantitative estimate of drug-likeness (QED) is 0.599. The van der Waals surface area contributed by atoms with Crippen molar-refractivity contribution in [1.82, 2.24) is 0 Å². The predicted molar refractivity (Wildman–Crippen MR) is 115 cm³/mol. The van der Waals surface area contributed by atoms with Crippen LogP contribution in [0.4, 0.5) is 0 Å². The van der Waals surface area contributed by atoms with Crippen LogP contribution in [-0.2, 0) is 19.3 Å². The highest BCUT2D eigenvalue weighted by atomic mass is 16.3. The smallest absolute Gasteiger partial charge is 0.122 e. The Hall–Kier alpha value is -1.96. The molecule has 2 heteroatoms. The van der Waals surface area contributed by atoms with Gasteiger partial charge in [-0.15, -0.1) is 0 Å². The Morgan fingerprint density at radius 2 is 0.926 bits per heavy atom. The van der Waals surface area contributed by atoms with Crippen molar-refractivity contribution >= 4 is 0 Å². The first-order valence-electron chi connectivity index (χ1n) is 10.1. The summed E-state index contributed by atoms with van der Waals surface area (Å²) in [6.07, 6.45) is 4.32. The van der Waals surface area contributed by atoms with Gasteiger partial charge in [-0.25, -0.2) is 0 Å². The SMILES string of the molecule is CC(C)(C)CCc1cccc(Cc2cccc(CCC(C)(C)C)c2O)c1O. The summed E-state index contributed by atoms with van der Waals surface area (Å²) in [5.41, 5.74) is 4.22. The van der Waals surface area contributed by atoms with Crippen LogP contribution >= 0.6 is 0 Å². The number of hydrogen-bond donors (Lipinski definition) is 2. The van der Waals surface area contributed by atoms with E-state index in [1.54, 1.807) is 0 Å². The predicted octanol–water partition coefficient (Wildman–Crippen LogP) is 6.65. The number of aromatic hydroxyl groups is 2. The van der Waals surface area contributed by atoms with Crippen molar-refractivity contribution in [3.63, 3.8) is 0 Å². The van der Waals surface area contributed by atoms with Gasteiger partial charge in [0.15, 0.2) is 0 Å². The van der Waals surface area contributed by atoms with Crippen molar-refractivity contribution in [2.75, 3.05) is 0 Å². The van der Waals surface area contributed by atoms with Crippen LogP contribution in [0.5, 0.6) is 11.5 Å². The lowest BCUT2D eigenvalue weighted by Crippen LogP contribution is -2.07. The number of rotatable bonds is 6. The summed E-state index contributed by atoms with van der Waals surface area (Å²) in [7, 11) is 0. The maximum atomic E-state index is 10.7. The first-order valence-corrected chi connectivity index (χ1v) is 10.1. The fraction of sp³-hybridized carbons (Fsp3) is 0.520. The third kappa shape index (κ3) is 6.61. The molecule has 2 aromatic rings. The number of para-hydroxylation sites is 2. The molecule has 0 saturated heterocycles.